The predicted octanol–water partition coefficient (Wildman–Crippen LogP) is 2.80. The van der Waals surface area contributed by atoms with Crippen LogP contribution in [0.3, 0.4) is 0 Å². The molecular formula is C20H20ClN5O2. The smallest absolute Gasteiger partial charge is 0.275 e. The first-order chi connectivity index (χ1) is 13.5. The summed E-state index contributed by atoms with van der Waals surface area (Å²) in [5.74, 6) is 0.707. The average molecular weight is 398 g/mol. The molecule has 4 rings (SSSR count). The van der Waals surface area contributed by atoms with Gasteiger partial charge in [-0.25, -0.2) is 9.97 Å². The van der Waals surface area contributed by atoms with E-state index in [9.17, 15) is 9.90 Å². The molecule has 28 heavy (non-hydrogen) atoms. The highest BCUT2D eigenvalue weighted by Crippen LogP contribution is 2.33. The highest BCUT2D eigenvalue weighted by atomic mass is 35.5. The van der Waals surface area contributed by atoms with Gasteiger partial charge in [0, 0.05) is 24.3 Å². The number of pyridine rings is 1. The SMILES string of the molecule is CCN1c2nc(-c3ccc(Cl)nc3C)n(Cc3ccccc3)c2C(=O)NC1O. The van der Waals surface area contributed by atoms with Crippen molar-refractivity contribution in [3.8, 4) is 11.4 Å². The van der Waals surface area contributed by atoms with Gasteiger partial charge in [0.05, 0.1) is 0 Å². The van der Waals surface area contributed by atoms with E-state index in [-0.39, 0.29) is 5.91 Å². The highest BCUT2D eigenvalue weighted by Gasteiger charge is 2.35. The molecule has 2 N–H and O–H groups in total. The fourth-order valence-electron chi connectivity index (χ4n) is 3.46. The lowest BCUT2D eigenvalue weighted by molar-refractivity contribution is 0.0735. The predicted molar refractivity (Wildman–Crippen MR) is 107 cm³/mol. The summed E-state index contributed by atoms with van der Waals surface area (Å²) >= 11 is 6.02. The zero-order valence-corrected chi connectivity index (χ0v) is 16.3. The van der Waals surface area contributed by atoms with Crippen LogP contribution in [-0.4, -0.2) is 38.4 Å². The lowest BCUT2D eigenvalue weighted by Gasteiger charge is -2.32. The number of rotatable bonds is 4. The minimum atomic E-state index is -1.11. The number of imidazole rings is 1. The van der Waals surface area contributed by atoms with Gasteiger partial charge in [-0.3, -0.25) is 4.79 Å². The topological polar surface area (TPSA) is 83.3 Å². The van der Waals surface area contributed by atoms with E-state index >= 15 is 0 Å². The summed E-state index contributed by atoms with van der Waals surface area (Å²) in [6.45, 7) is 4.71. The monoisotopic (exact) mass is 397 g/mol. The largest absolute Gasteiger partial charge is 0.356 e. The number of carbonyl (C=O) groups excluding carboxylic acids is 1. The molecule has 0 saturated heterocycles. The van der Waals surface area contributed by atoms with Gasteiger partial charge in [-0.1, -0.05) is 41.9 Å². The van der Waals surface area contributed by atoms with Crippen LogP contribution in [0.25, 0.3) is 11.4 Å². The van der Waals surface area contributed by atoms with Gasteiger partial charge in [-0.15, -0.1) is 0 Å². The first-order valence-corrected chi connectivity index (χ1v) is 9.41. The Morgan fingerprint density at radius 3 is 2.61 bits per heavy atom. The third-order valence-electron chi connectivity index (χ3n) is 4.81. The Morgan fingerprint density at radius 2 is 1.93 bits per heavy atom. The quantitative estimate of drug-likeness (QED) is 0.661. The molecule has 8 heteroatoms. The van der Waals surface area contributed by atoms with Crippen molar-refractivity contribution in [2.24, 2.45) is 0 Å². The van der Waals surface area contributed by atoms with E-state index in [0.717, 1.165) is 11.1 Å². The second kappa shape index (κ2) is 7.26. The Balaban J connectivity index is 1.94. The Labute approximate surface area is 167 Å². The zero-order chi connectivity index (χ0) is 19.8. The van der Waals surface area contributed by atoms with Gasteiger partial charge < -0.3 is 19.9 Å². The lowest BCUT2D eigenvalue weighted by atomic mass is 10.1. The molecule has 1 aliphatic rings. The van der Waals surface area contributed by atoms with Crippen molar-refractivity contribution in [3.63, 3.8) is 0 Å². The van der Waals surface area contributed by atoms with Crippen molar-refractivity contribution < 1.29 is 9.90 Å². The summed E-state index contributed by atoms with van der Waals surface area (Å²) in [5.41, 5.74) is 2.95. The summed E-state index contributed by atoms with van der Waals surface area (Å²) < 4.78 is 1.87. The minimum absolute atomic E-state index is 0.360. The number of aliphatic hydroxyl groups is 1. The van der Waals surface area contributed by atoms with Crippen LogP contribution < -0.4 is 10.2 Å². The number of halogens is 1. The normalized spacial score (nSPS) is 16.1. The number of carbonyl (C=O) groups is 1. The fourth-order valence-corrected chi connectivity index (χ4v) is 3.65. The zero-order valence-electron chi connectivity index (χ0n) is 15.6. The van der Waals surface area contributed by atoms with E-state index in [2.05, 4.69) is 10.3 Å². The molecule has 1 aromatic carbocycles. The number of hydrogen-bond donors (Lipinski definition) is 2. The summed E-state index contributed by atoms with van der Waals surface area (Å²) in [5, 5.41) is 13.2. The van der Waals surface area contributed by atoms with Gasteiger partial charge in [-0.05, 0) is 31.5 Å². The number of nitrogens with zero attached hydrogens (tertiary/aromatic N) is 4. The summed E-state index contributed by atoms with van der Waals surface area (Å²) in [6.07, 6.45) is -1.11. The van der Waals surface area contributed by atoms with E-state index in [0.29, 0.717) is 41.3 Å². The molecular weight excluding hydrogens is 378 g/mol. The van der Waals surface area contributed by atoms with Gasteiger partial charge in [-0.2, -0.15) is 0 Å². The Bertz CT molecular complexity index is 1030. The number of benzene rings is 1. The number of nitrogens with one attached hydrogen (secondary N) is 1. The van der Waals surface area contributed by atoms with Crippen molar-refractivity contribution in [3.05, 3.63) is 64.6 Å². The molecule has 0 fully saturated rings. The summed E-state index contributed by atoms with van der Waals surface area (Å²) in [4.78, 5) is 23.5. The van der Waals surface area contributed by atoms with Crippen molar-refractivity contribution >= 4 is 23.3 Å². The maximum Gasteiger partial charge on any atom is 0.275 e. The number of anilines is 1. The van der Waals surface area contributed by atoms with Crippen molar-refractivity contribution in [2.75, 3.05) is 11.4 Å². The molecule has 1 amide bonds. The molecule has 0 spiro atoms. The molecule has 2 aromatic heterocycles. The number of hydrogen-bond acceptors (Lipinski definition) is 5. The second-order valence-corrected chi connectivity index (χ2v) is 6.97. The van der Waals surface area contributed by atoms with Crippen LogP contribution in [0.2, 0.25) is 5.15 Å². The van der Waals surface area contributed by atoms with E-state index < -0.39 is 6.35 Å². The lowest BCUT2D eigenvalue weighted by Crippen LogP contribution is -2.53. The van der Waals surface area contributed by atoms with Gasteiger partial charge in [0.25, 0.3) is 5.91 Å². The molecule has 1 unspecified atom stereocenters. The Hall–Kier alpha value is -2.90. The molecule has 1 aliphatic heterocycles. The number of aromatic nitrogens is 3. The van der Waals surface area contributed by atoms with Crippen LogP contribution >= 0.6 is 11.6 Å². The maximum atomic E-state index is 12.8. The minimum Gasteiger partial charge on any atom is -0.356 e. The summed E-state index contributed by atoms with van der Waals surface area (Å²) in [6, 6.07) is 13.4. The molecule has 144 valence electrons. The van der Waals surface area contributed by atoms with Crippen LogP contribution in [0.15, 0.2) is 42.5 Å². The van der Waals surface area contributed by atoms with Crippen LogP contribution in [0, 0.1) is 6.92 Å². The molecule has 0 saturated carbocycles. The van der Waals surface area contributed by atoms with Crippen molar-refractivity contribution in [1.29, 1.82) is 0 Å². The first kappa shape index (κ1) is 18.5. The molecule has 7 nitrogen and oxygen atoms in total. The standard InChI is InChI=1S/C20H20ClN5O2/c1-3-25-18-16(19(27)24-20(25)28)26(11-13-7-5-4-6-8-13)17(23-18)14-9-10-15(21)22-12(14)2/h4-10,20,28H,3,11H2,1-2H3,(H,24,27). The van der Waals surface area contributed by atoms with Crippen LogP contribution in [0.1, 0.15) is 28.7 Å². The molecule has 0 radical (unpaired) electrons. The van der Waals surface area contributed by atoms with E-state index in [1.807, 2.05) is 54.8 Å². The van der Waals surface area contributed by atoms with Gasteiger partial charge in [0.15, 0.2) is 11.5 Å². The Kier molecular flexibility index (Phi) is 4.78. The van der Waals surface area contributed by atoms with Gasteiger partial charge in [0.2, 0.25) is 6.35 Å². The number of aryl methyl sites for hydroxylation is 1. The molecule has 0 bridgehead atoms. The first-order valence-electron chi connectivity index (χ1n) is 9.03. The van der Waals surface area contributed by atoms with E-state index in [1.165, 1.54) is 0 Å². The van der Waals surface area contributed by atoms with Gasteiger partial charge in [0.1, 0.15) is 11.0 Å². The van der Waals surface area contributed by atoms with Crippen LogP contribution in [0.4, 0.5) is 5.82 Å². The number of fused-ring (bicyclic) bond motifs is 1. The third-order valence-corrected chi connectivity index (χ3v) is 5.02. The Morgan fingerprint density at radius 1 is 1.18 bits per heavy atom. The molecule has 1 atom stereocenters. The van der Waals surface area contributed by atoms with Crippen molar-refractivity contribution in [1.82, 2.24) is 19.9 Å². The van der Waals surface area contributed by atoms with Crippen LogP contribution in [0.5, 0.6) is 0 Å². The molecule has 3 heterocycles. The van der Waals surface area contributed by atoms with E-state index in [1.54, 1.807) is 11.0 Å². The van der Waals surface area contributed by atoms with E-state index in [4.69, 9.17) is 16.6 Å². The van der Waals surface area contributed by atoms with Crippen molar-refractivity contribution in [2.45, 2.75) is 26.7 Å². The van der Waals surface area contributed by atoms with Crippen LogP contribution in [-0.2, 0) is 6.54 Å². The second-order valence-electron chi connectivity index (χ2n) is 6.58. The number of aliphatic hydroxyl groups excluding tert-OH is 1. The highest BCUT2D eigenvalue weighted by molar-refractivity contribution is 6.29. The average Bonchev–Trinajstić information content (AvgIpc) is 3.02. The molecule has 3 aromatic rings. The summed E-state index contributed by atoms with van der Waals surface area (Å²) in [7, 11) is 0. The fraction of sp³-hybridized carbons (Fsp3) is 0.250. The third kappa shape index (κ3) is 3.12. The van der Waals surface area contributed by atoms with Gasteiger partial charge >= 0.3 is 0 Å². The number of amides is 1. The molecule has 0 aliphatic carbocycles. The maximum absolute atomic E-state index is 12.8.